The number of thiazole rings is 1. The Morgan fingerprint density at radius 2 is 2.00 bits per heavy atom. The summed E-state index contributed by atoms with van der Waals surface area (Å²) >= 11 is 3.13. The van der Waals surface area contributed by atoms with Crippen molar-refractivity contribution in [3.8, 4) is 0 Å². The van der Waals surface area contributed by atoms with Gasteiger partial charge in [0.1, 0.15) is 5.60 Å². The molecule has 8 heteroatoms. The first-order chi connectivity index (χ1) is 14.2. The predicted molar refractivity (Wildman–Crippen MR) is 119 cm³/mol. The van der Waals surface area contributed by atoms with E-state index in [4.69, 9.17) is 9.47 Å². The number of hydrogen-bond acceptors (Lipinski definition) is 8. The zero-order chi connectivity index (χ0) is 21.9. The molecule has 0 radical (unpaired) electrons. The van der Waals surface area contributed by atoms with Crippen molar-refractivity contribution < 1.29 is 19.5 Å². The van der Waals surface area contributed by atoms with E-state index in [0.29, 0.717) is 30.1 Å². The Hall–Kier alpha value is -1.74. The summed E-state index contributed by atoms with van der Waals surface area (Å²) in [6, 6.07) is 5.62. The molecule has 1 aromatic heterocycles. The quantitative estimate of drug-likeness (QED) is 0.277. The SMILES string of the molecule is COC1(c2cnc(Sc3ccc(/C(C)=N/O)c(C(=O)C(C)(C)C)c3)s2)CCOCC1. The molecule has 0 saturated carbocycles. The maximum Gasteiger partial charge on any atom is 0.168 e. The maximum atomic E-state index is 13.0. The second-order valence-electron chi connectivity index (χ2n) is 8.38. The third-order valence-electron chi connectivity index (χ3n) is 5.29. The molecule has 0 unspecified atom stereocenters. The van der Waals surface area contributed by atoms with E-state index in [1.54, 1.807) is 25.4 Å². The molecule has 162 valence electrons. The minimum absolute atomic E-state index is 0.00307. The second kappa shape index (κ2) is 9.18. The van der Waals surface area contributed by atoms with Crippen molar-refractivity contribution in [2.75, 3.05) is 20.3 Å². The van der Waals surface area contributed by atoms with Crippen LogP contribution in [0.4, 0.5) is 0 Å². The van der Waals surface area contributed by atoms with E-state index in [0.717, 1.165) is 27.0 Å². The number of ether oxygens (including phenoxy) is 2. The highest BCUT2D eigenvalue weighted by molar-refractivity contribution is 8.01. The van der Waals surface area contributed by atoms with E-state index in [9.17, 15) is 10.0 Å². The maximum absolute atomic E-state index is 13.0. The summed E-state index contributed by atoms with van der Waals surface area (Å²) in [6.07, 6.45) is 3.52. The van der Waals surface area contributed by atoms with Crippen molar-refractivity contribution >= 4 is 34.6 Å². The van der Waals surface area contributed by atoms with E-state index in [-0.39, 0.29) is 11.4 Å². The molecule has 0 bridgehead atoms. The van der Waals surface area contributed by atoms with Gasteiger partial charge in [-0.25, -0.2) is 4.98 Å². The summed E-state index contributed by atoms with van der Waals surface area (Å²) in [5.74, 6) is 0.00307. The molecule has 1 aliphatic heterocycles. The first-order valence-electron chi connectivity index (χ1n) is 9.85. The number of Topliss-reactive ketones (excluding diaryl/α,β-unsaturated/α-hetero) is 1. The Kier molecular flexibility index (Phi) is 7.02. The zero-order valence-electron chi connectivity index (χ0n) is 18.0. The lowest BCUT2D eigenvalue weighted by molar-refractivity contribution is -0.0926. The molecule has 0 aliphatic carbocycles. The van der Waals surface area contributed by atoms with Crippen molar-refractivity contribution in [2.24, 2.45) is 10.6 Å². The van der Waals surface area contributed by atoms with Crippen LogP contribution in [-0.2, 0) is 15.1 Å². The Balaban J connectivity index is 1.91. The summed E-state index contributed by atoms with van der Waals surface area (Å²) in [4.78, 5) is 19.6. The number of aromatic nitrogens is 1. The van der Waals surface area contributed by atoms with Crippen LogP contribution in [0, 0.1) is 5.41 Å². The van der Waals surface area contributed by atoms with Crippen LogP contribution >= 0.6 is 23.1 Å². The van der Waals surface area contributed by atoms with E-state index in [1.807, 2.05) is 45.2 Å². The summed E-state index contributed by atoms with van der Waals surface area (Å²) in [5.41, 5.74) is 0.730. The van der Waals surface area contributed by atoms with Gasteiger partial charge in [0.15, 0.2) is 10.1 Å². The third kappa shape index (κ3) is 4.77. The lowest BCUT2D eigenvalue weighted by Crippen LogP contribution is -2.34. The largest absolute Gasteiger partial charge is 0.411 e. The van der Waals surface area contributed by atoms with Crippen molar-refractivity contribution in [3.63, 3.8) is 0 Å². The standard InChI is InChI=1S/C22H28N2O4S2/c1-14(24-26)16-7-6-15(12-17(16)19(25)21(2,3)4)29-20-23-13-18(30-20)22(27-5)8-10-28-11-9-22/h6-7,12-13,26H,8-11H2,1-5H3/b24-14+. The van der Waals surface area contributed by atoms with Gasteiger partial charge in [0.25, 0.3) is 0 Å². The van der Waals surface area contributed by atoms with Crippen LogP contribution in [0.2, 0.25) is 0 Å². The van der Waals surface area contributed by atoms with Crippen molar-refractivity contribution in [3.05, 3.63) is 40.4 Å². The molecule has 1 N–H and O–H groups in total. The van der Waals surface area contributed by atoms with E-state index >= 15 is 0 Å². The van der Waals surface area contributed by atoms with E-state index < -0.39 is 5.41 Å². The average molecular weight is 449 g/mol. The highest BCUT2D eigenvalue weighted by Gasteiger charge is 2.36. The number of oxime groups is 1. The average Bonchev–Trinajstić information content (AvgIpc) is 3.21. The Labute approximate surface area is 185 Å². The lowest BCUT2D eigenvalue weighted by atomic mass is 9.84. The Morgan fingerprint density at radius 3 is 2.60 bits per heavy atom. The summed E-state index contributed by atoms with van der Waals surface area (Å²) in [6.45, 7) is 8.70. The van der Waals surface area contributed by atoms with E-state index in [1.165, 1.54) is 11.8 Å². The minimum Gasteiger partial charge on any atom is -0.411 e. The Morgan fingerprint density at radius 1 is 1.30 bits per heavy atom. The molecule has 1 aromatic carbocycles. The number of carbonyl (C=O) groups is 1. The smallest absolute Gasteiger partial charge is 0.168 e. The monoisotopic (exact) mass is 448 g/mol. The highest BCUT2D eigenvalue weighted by Crippen LogP contribution is 2.42. The highest BCUT2D eigenvalue weighted by atomic mass is 32.2. The van der Waals surface area contributed by atoms with Gasteiger partial charge in [0, 0.05) is 60.8 Å². The summed E-state index contributed by atoms with van der Waals surface area (Å²) in [7, 11) is 1.74. The van der Waals surface area contributed by atoms with Gasteiger partial charge >= 0.3 is 0 Å². The van der Waals surface area contributed by atoms with Crippen molar-refractivity contribution in [1.29, 1.82) is 0 Å². The second-order valence-corrected chi connectivity index (χ2v) is 10.7. The van der Waals surface area contributed by atoms with Crippen LogP contribution in [-0.4, -0.2) is 42.0 Å². The number of rotatable bonds is 6. The third-order valence-corrected chi connectivity index (χ3v) is 7.53. The van der Waals surface area contributed by atoms with Crippen LogP contribution in [0.15, 0.2) is 38.8 Å². The number of methoxy groups -OCH3 is 1. The topological polar surface area (TPSA) is 81.0 Å². The van der Waals surface area contributed by atoms with Gasteiger partial charge in [-0.15, -0.1) is 11.3 Å². The van der Waals surface area contributed by atoms with Crippen molar-refractivity contribution in [2.45, 2.75) is 55.4 Å². The predicted octanol–water partition coefficient (Wildman–Crippen LogP) is 5.37. The van der Waals surface area contributed by atoms with Crippen molar-refractivity contribution in [1.82, 2.24) is 4.98 Å². The molecule has 3 rings (SSSR count). The number of nitrogens with zero attached hydrogens (tertiary/aromatic N) is 2. The number of hydrogen-bond donors (Lipinski definition) is 1. The van der Waals surface area contributed by atoms with Gasteiger partial charge in [-0.05, 0) is 19.1 Å². The van der Waals surface area contributed by atoms with Gasteiger partial charge in [-0.2, -0.15) is 0 Å². The van der Waals surface area contributed by atoms with Crippen LogP contribution in [0.1, 0.15) is 61.3 Å². The molecule has 1 saturated heterocycles. The number of carbonyl (C=O) groups excluding carboxylic acids is 1. The van der Waals surface area contributed by atoms with Gasteiger partial charge in [0.05, 0.1) is 10.6 Å². The molecule has 2 heterocycles. The fourth-order valence-electron chi connectivity index (χ4n) is 3.42. The molecular formula is C22H28N2O4S2. The molecule has 2 aromatic rings. The molecule has 0 spiro atoms. The minimum atomic E-state index is -0.546. The fourth-order valence-corrected chi connectivity index (χ4v) is 5.63. The van der Waals surface area contributed by atoms with E-state index in [2.05, 4.69) is 10.1 Å². The summed E-state index contributed by atoms with van der Waals surface area (Å²) < 4.78 is 12.3. The molecule has 1 fully saturated rings. The van der Waals surface area contributed by atoms with Crippen LogP contribution in [0.3, 0.4) is 0 Å². The van der Waals surface area contributed by atoms with Crippen LogP contribution < -0.4 is 0 Å². The van der Waals surface area contributed by atoms with Gasteiger partial charge in [0.2, 0.25) is 0 Å². The molecule has 1 aliphatic rings. The molecule has 0 amide bonds. The molecule has 6 nitrogen and oxygen atoms in total. The summed E-state index contributed by atoms with van der Waals surface area (Å²) in [5, 5.41) is 12.5. The molecular weight excluding hydrogens is 420 g/mol. The normalized spacial score (nSPS) is 17.2. The van der Waals surface area contributed by atoms with Crippen LogP contribution in [0.25, 0.3) is 0 Å². The van der Waals surface area contributed by atoms with Gasteiger partial charge < -0.3 is 14.7 Å². The van der Waals surface area contributed by atoms with Gasteiger partial charge in [-0.1, -0.05) is 43.8 Å². The fraction of sp³-hybridized carbons (Fsp3) is 0.500. The molecule has 30 heavy (non-hydrogen) atoms. The Bertz CT molecular complexity index is 941. The first kappa shape index (κ1) is 22.9. The number of benzene rings is 1. The lowest BCUT2D eigenvalue weighted by Gasteiger charge is -2.34. The zero-order valence-corrected chi connectivity index (χ0v) is 19.7. The molecule has 0 atom stereocenters. The first-order valence-corrected chi connectivity index (χ1v) is 11.5. The van der Waals surface area contributed by atoms with Gasteiger partial charge in [-0.3, -0.25) is 4.79 Å². The number of ketones is 1. The van der Waals surface area contributed by atoms with Crippen LogP contribution in [0.5, 0.6) is 0 Å².